The van der Waals surface area contributed by atoms with Crippen LogP contribution in [0.5, 0.6) is 11.5 Å². The fourth-order valence-corrected chi connectivity index (χ4v) is 2.94. The Morgan fingerprint density at radius 3 is 2.48 bits per heavy atom. The third-order valence-electron chi connectivity index (χ3n) is 4.38. The van der Waals surface area contributed by atoms with Crippen molar-refractivity contribution >= 4 is 11.9 Å². The molecule has 0 unspecified atom stereocenters. The maximum atomic E-state index is 12.2. The Morgan fingerprint density at radius 2 is 1.85 bits per heavy atom. The molecule has 0 bridgehead atoms. The van der Waals surface area contributed by atoms with Crippen LogP contribution in [0.4, 0.5) is 0 Å². The number of carbonyl (C=O) groups excluding carboxylic acids is 1. The van der Waals surface area contributed by atoms with Gasteiger partial charge in [0.1, 0.15) is 5.69 Å². The molecule has 8 nitrogen and oxygen atoms in total. The summed E-state index contributed by atoms with van der Waals surface area (Å²) in [6.07, 6.45) is 6.81. The van der Waals surface area contributed by atoms with Gasteiger partial charge in [0, 0.05) is 6.54 Å². The van der Waals surface area contributed by atoms with E-state index in [-0.39, 0.29) is 24.0 Å². The number of hydrogen-bond donors (Lipinski definition) is 2. The summed E-state index contributed by atoms with van der Waals surface area (Å²) in [4.78, 5) is 30.5. The van der Waals surface area contributed by atoms with Crippen LogP contribution in [-0.2, 0) is 6.54 Å². The van der Waals surface area contributed by atoms with Crippen molar-refractivity contribution in [3.8, 4) is 11.5 Å². The first-order valence-corrected chi connectivity index (χ1v) is 8.74. The molecule has 8 heteroatoms. The molecule has 1 heterocycles. The third-order valence-corrected chi connectivity index (χ3v) is 4.38. The summed E-state index contributed by atoms with van der Waals surface area (Å²) in [5, 5.41) is 11.5. The summed E-state index contributed by atoms with van der Waals surface area (Å²) in [7, 11) is 1.59. The van der Waals surface area contributed by atoms with Crippen molar-refractivity contribution in [1.29, 1.82) is 0 Å². The minimum atomic E-state index is -1.19. The fourth-order valence-electron chi connectivity index (χ4n) is 2.94. The van der Waals surface area contributed by atoms with E-state index in [1.807, 2.05) is 18.2 Å². The molecule has 3 rings (SSSR count). The van der Waals surface area contributed by atoms with Gasteiger partial charge in [-0.3, -0.25) is 4.79 Å². The van der Waals surface area contributed by atoms with Crippen LogP contribution in [-0.4, -0.2) is 40.2 Å². The first kappa shape index (κ1) is 18.6. The van der Waals surface area contributed by atoms with Gasteiger partial charge < -0.3 is 19.9 Å². The number of methoxy groups -OCH3 is 1. The average Bonchev–Trinajstić information content (AvgIpc) is 3.19. The van der Waals surface area contributed by atoms with Gasteiger partial charge in [-0.1, -0.05) is 6.07 Å². The second-order valence-corrected chi connectivity index (χ2v) is 6.28. The Bertz CT molecular complexity index is 817. The van der Waals surface area contributed by atoms with Crippen LogP contribution in [0.15, 0.2) is 30.6 Å². The first-order chi connectivity index (χ1) is 13.1. The average molecular weight is 371 g/mol. The summed E-state index contributed by atoms with van der Waals surface area (Å²) in [5.74, 6) is -0.301. The number of benzene rings is 1. The Labute approximate surface area is 156 Å². The molecule has 2 N–H and O–H groups in total. The van der Waals surface area contributed by atoms with Gasteiger partial charge in [-0.25, -0.2) is 14.8 Å². The number of hydrogen-bond acceptors (Lipinski definition) is 6. The lowest BCUT2D eigenvalue weighted by molar-refractivity contribution is 0.0689. The molecule has 1 amide bonds. The van der Waals surface area contributed by atoms with Gasteiger partial charge in [-0.05, 0) is 43.4 Å². The van der Waals surface area contributed by atoms with Crippen LogP contribution in [0.25, 0.3) is 0 Å². The van der Waals surface area contributed by atoms with Crippen molar-refractivity contribution in [2.75, 3.05) is 7.11 Å². The molecular weight excluding hydrogens is 350 g/mol. The van der Waals surface area contributed by atoms with Gasteiger partial charge in [0.25, 0.3) is 5.91 Å². The summed E-state index contributed by atoms with van der Waals surface area (Å²) >= 11 is 0. The molecule has 2 aromatic rings. The lowest BCUT2D eigenvalue weighted by atomic mass is 10.2. The topological polar surface area (TPSA) is 111 Å². The van der Waals surface area contributed by atoms with Crippen LogP contribution in [0.3, 0.4) is 0 Å². The second kappa shape index (κ2) is 8.48. The van der Waals surface area contributed by atoms with Crippen molar-refractivity contribution in [1.82, 2.24) is 15.3 Å². The van der Waals surface area contributed by atoms with Crippen LogP contribution in [0.1, 0.15) is 52.2 Å². The lowest BCUT2D eigenvalue weighted by Gasteiger charge is -2.17. The first-order valence-electron chi connectivity index (χ1n) is 8.74. The summed E-state index contributed by atoms with van der Waals surface area (Å²) in [6, 6.07) is 5.52. The molecule has 1 aromatic heterocycles. The number of aromatic carboxylic acids is 1. The molecule has 1 saturated carbocycles. The predicted octanol–water partition coefficient (Wildman–Crippen LogP) is 2.43. The normalized spacial score (nSPS) is 14.0. The third kappa shape index (κ3) is 4.72. The number of aromatic nitrogens is 2. The van der Waals surface area contributed by atoms with Gasteiger partial charge in [0.15, 0.2) is 17.2 Å². The predicted molar refractivity (Wildman–Crippen MR) is 96.0 cm³/mol. The zero-order valence-electron chi connectivity index (χ0n) is 15.0. The van der Waals surface area contributed by atoms with Gasteiger partial charge in [0.2, 0.25) is 0 Å². The standard InChI is InChI=1S/C19H21N3O5/c1-26-16-7-6-12(8-17(16)27-13-4-2-3-5-13)9-22-18(23)14-10-21-15(11-20-14)19(24)25/h6-8,10-11,13H,2-5,9H2,1H3,(H,22,23)(H,24,25). The van der Waals surface area contributed by atoms with Crippen LogP contribution in [0, 0.1) is 0 Å². The van der Waals surface area contributed by atoms with E-state index >= 15 is 0 Å². The largest absolute Gasteiger partial charge is 0.493 e. The van der Waals surface area contributed by atoms with Gasteiger partial charge in [0.05, 0.1) is 25.6 Å². The zero-order valence-corrected chi connectivity index (χ0v) is 15.0. The van der Waals surface area contributed by atoms with E-state index in [4.69, 9.17) is 14.6 Å². The lowest BCUT2D eigenvalue weighted by Crippen LogP contribution is -2.24. The van der Waals surface area contributed by atoms with Crippen LogP contribution >= 0.6 is 0 Å². The summed E-state index contributed by atoms with van der Waals surface area (Å²) in [5.41, 5.74) is 0.693. The molecule has 0 aliphatic heterocycles. The molecule has 1 aliphatic carbocycles. The number of carboxylic acids is 1. The minimum Gasteiger partial charge on any atom is -0.493 e. The van der Waals surface area contributed by atoms with Crippen LogP contribution in [0.2, 0.25) is 0 Å². The van der Waals surface area contributed by atoms with E-state index < -0.39 is 11.9 Å². The molecule has 0 atom stereocenters. The van der Waals surface area contributed by atoms with Crippen molar-refractivity contribution in [2.24, 2.45) is 0 Å². The molecule has 1 aliphatic rings. The number of amides is 1. The summed E-state index contributed by atoms with van der Waals surface area (Å²) in [6.45, 7) is 0.270. The van der Waals surface area contributed by atoms with E-state index in [1.165, 1.54) is 12.8 Å². The molecule has 142 valence electrons. The molecule has 0 saturated heterocycles. The Hall–Kier alpha value is -3.16. The number of rotatable bonds is 7. The van der Waals surface area contributed by atoms with Crippen molar-refractivity contribution in [2.45, 2.75) is 38.3 Å². The van der Waals surface area contributed by atoms with E-state index in [0.717, 1.165) is 30.8 Å². The highest BCUT2D eigenvalue weighted by atomic mass is 16.5. The monoisotopic (exact) mass is 371 g/mol. The smallest absolute Gasteiger partial charge is 0.356 e. The number of ether oxygens (including phenoxy) is 2. The molecule has 0 spiro atoms. The second-order valence-electron chi connectivity index (χ2n) is 6.28. The van der Waals surface area contributed by atoms with Gasteiger partial charge >= 0.3 is 5.97 Å². The van der Waals surface area contributed by atoms with Crippen LogP contribution < -0.4 is 14.8 Å². The quantitative estimate of drug-likeness (QED) is 0.769. The van der Waals surface area contributed by atoms with E-state index in [0.29, 0.717) is 11.5 Å². The highest BCUT2D eigenvalue weighted by Crippen LogP contribution is 2.32. The fraction of sp³-hybridized carbons (Fsp3) is 0.368. The Kier molecular flexibility index (Phi) is 5.85. The zero-order chi connectivity index (χ0) is 19.2. The Morgan fingerprint density at radius 1 is 1.15 bits per heavy atom. The highest BCUT2D eigenvalue weighted by molar-refractivity contribution is 5.92. The molecule has 1 aromatic carbocycles. The van der Waals surface area contributed by atoms with E-state index in [1.54, 1.807) is 7.11 Å². The number of nitrogens with one attached hydrogen (secondary N) is 1. The minimum absolute atomic E-state index is 0.0518. The number of nitrogens with zero attached hydrogens (tertiary/aromatic N) is 2. The van der Waals surface area contributed by atoms with Gasteiger partial charge in [-0.2, -0.15) is 0 Å². The highest BCUT2D eigenvalue weighted by Gasteiger charge is 2.19. The SMILES string of the molecule is COc1ccc(CNC(=O)c2cnc(C(=O)O)cn2)cc1OC1CCCC1. The number of carboxylic acid groups (broad SMARTS) is 1. The molecule has 27 heavy (non-hydrogen) atoms. The van der Waals surface area contributed by atoms with Crippen molar-refractivity contribution < 1.29 is 24.2 Å². The number of carbonyl (C=O) groups is 2. The molecule has 0 radical (unpaired) electrons. The molecular formula is C19H21N3O5. The molecule has 1 fully saturated rings. The maximum absolute atomic E-state index is 12.2. The van der Waals surface area contributed by atoms with Gasteiger partial charge in [-0.15, -0.1) is 0 Å². The van der Waals surface area contributed by atoms with E-state index in [2.05, 4.69) is 15.3 Å². The van der Waals surface area contributed by atoms with Crippen molar-refractivity contribution in [3.63, 3.8) is 0 Å². The van der Waals surface area contributed by atoms with Crippen molar-refractivity contribution in [3.05, 3.63) is 47.5 Å². The summed E-state index contributed by atoms with van der Waals surface area (Å²) < 4.78 is 11.4. The Balaban J connectivity index is 1.64. The maximum Gasteiger partial charge on any atom is 0.356 e. The van der Waals surface area contributed by atoms with E-state index in [9.17, 15) is 9.59 Å².